The number of hydrogen-bond donors (Lipinski definition) is 1. The average molecular weight is 381 g/mol. The van der Waals surface area contributed by atoms with Crippen molar-refractivity contribution >= 4 is 33.8 Å². The molecule has 0 bridgehead atoms. The molecular weight excluding hydrogens is 363 g/mol. The van der Waals surface area contributed by atoms with Crippen LogP contribution in [0.25, 0.3) is 16.3 Å². The van der Waals surface area contributed by atoms with Crippen LogP contribution in [0.3, 0.4) is 0 Å². The van der Waals surface area contributed by atoms with Crippen molar-refractivity contribution in [2.75, 3.05) is 12.4 Å². The lowest BCUT2D eigenvalue weighted by Crippen LogP contribution is -2.39. The van der Waals surface area contributed by atoms with Crippen LogP contribution in [0, 0.1) is 11.2 Å². The third kappa shape index (κ3) is 3.67. The summed E-state index contributed by atoms with van der Waals surface area (Å²) in [6.07, 6.45) is 0.601. The van der Waals surface area contributed by atoms with Crippen LogP contribution in [0.4, 0.5) is 4.39 Å². The summed E-state index contributed by atoms with van der Waals surface area (Å²) in [4.78, 5) is 17.1. The molecule has 0 saturated carbocycles. The van der Waals surface area contributed by atoms with Crippen LogP contribution in [0.1, 0.15) is 19.5 Å². The van der Waals surface area contributed by atoms with Crippen LogP contribution in [0.2, 0.25) is 0 Å². The Morgan fingerprint density at radius 2 is 2.16 bits per heavy atom. The number of carbonyl (C=O) groups excluding carboxylic acids is 1. The first-order valence-corrected chi connectivity index (χ1v) is 9.26. The number of thiazole rings is 1. The Balaban J connectivity index is 1.73. The lowest BCUT2D eigenvalue weighted by molar-refractivity contribution is -0.128. The number of rotatable bonds is 6. The van der Waals surface area contributed by atoms with E-state index in [2.05, 4.69) is 15.4 Å². The number of alkyl halides is 1. The first kappa shape index (κ1) is 17.8. The molecule has 1 aromatic carbocycles. The predicted octanol–water partition coefficient (Wildman–Crippen LogP) is 3.52. The Morgan fingerprint density at radius 3 is 2.88 bits per heavy atom. The van der Waals surface area contributed by atoms with E-state index < -0.39 is 5.41 Å². The summed E-state index contributed by atoms with van der Waals surface area (Å²) in [5.41, 5.74) is 0.692. The average Bonchev–Trinajstić information content (AvgIpc) is 3.16. The largest absolute Gasteiger partial charge is 0.355 e. The van der Waals surface area contributed by atoms with Crippen LogP contribution in [-0.4, -0.2) is 32.9 Å². The Labute approximate surface area is 153 Å². The highest BCUT2D eigenvalue weighted by Gasteiger charge is 2.26. The van der Waals surface area contributed by atoms with E-state index in [1.54, 1.807) is 36.6 Å². The molecule has 3 rings (SSSR count). The molecule has 2 aromatic heterocycles. The van der Waals surface area contributed by atoms with Crippen LogP contribution in [-0.2, 0) is 11.2 Å². The maximum absolute atomic E-state index is 13.9. The number of aromatic nitrogens is 3. The number of nitrogens with zero attached hydrogens (tertiary/aromatic N) is 3. The first-order chi connectivity index (χ1) is 11.9. The van der Waals surface area contributed by atoms with Gasteiger partial charge in [0.05, 0.1) is 16.7 Å². The van der Waals surface area contributed by atoms with E-state index in [4.69, 9.17) is 11.6 Å². The molecule has 132 valence electrons. The Morgan fingerprint density at radius 1 is 1.40 bits per heavy atom. The molecule has 5 nitrogen and oxygen atoms in total. The van der Waals surface area contributed by atoms with Gasteiger partial charge >= 0.3 is 0 Å². The fraction of sp³-hybridized carbons (Fsp3) is 0.353. The summed E-state index contributed by atoms with van der Waals surface area (Å²) in [6.45, 7) is 4.08. The Bertz CT molecular complexity index is 905. The van der Waals surface area contributed by atoms with Crippen LogP contribution < -0.4 is 5.32 Å². The van der Waals surface area contributed by atoms with E-state index in [1.807, 2.05) is 5.38 Å². The SMILES string of the molecule is CC(C)(CCl)C(=O)NCCc1csc2nc(-c3ccccc3F)nn12. The highest BCUT2D eigenvalue weighted by Crippen LogP contribution is 2.23. The number of hydrogen-bond acceptors (Lipinski definition) is 4. The molecule has 8 heteroatoms. The maximum atomic E-state index is 13.9. The van der Waals surface area contributed by atoms with Crippen molar-refractivity contribution in [3.8, 4) is 11.4 Å². The number of nitrogens with one attached hydrogen (secondary N) is 1. The zero-order valence-corrected chi connectivity index (χ0v) is 15.5. The topological polar surface area (TPSA) is 59.3 Å². The molecule has 25 heavy (non-hydrogen) atoms. The lowest BCUT2D eigenvalue weighted by atomic mass is 9.95. The third-order valence-electron chi connectivity index (χ3n) is 3.88. The first-order valence-electron chi connectivity index (χ1n) is 7.84. The number of halogens is 2. The molecule has 0 unspecified atom stereocenters. The Hall–Kier alpha value is -1.99. The van der Waals surface area contributed by atoms with Gasteiger partial charge in [0.15, 0.2) is 5.82 Å². The molecule has 0 saturated heterocycles. The van der Waals surface area contributed by atoms with Crippen molar-refractivity contribution < 1.29 is 9.18 Å². The van der Waals surface area contributed by atoms with Crippen LogP contribution >= 0.6 is 22.9 Å². The molecule has 0 atom stereocenters. The van der Waals surface area contributed by atoms with E-state index in [0.717, 1.165) is 5.69 Å². The minimum absolute atomic E-state index is 0.0837. The van der Waals surface area contributed by atoms with Gasteiger partial charge < -0.3 is 5.32 Å². The van der Waals surface area contributed by atoms with Crippen molar-refractivity contribution in [3.05, 3.63) is 41.2 Å². The molecular formula is C17H18ClFN4OS. The minimum Gasteiger partial charge on any atom is -0.355 e. The molecule has 1 amide bonds. The zero-order chi connectivity index (χ0) is 18.0. The van der Waals surface area contributed by atoms with Crippen molar-refractivity contribution in [2.24, 2.45) is 5.41 Å². The Kier molecular flexibility index (Phi) is 5.06. The van der Waals surface area contributed by atoms with E-state index in [0.29, 0.717) is 29.3 Å². The molecule has 0 fully saturated rings. The fourth-order valence-electron chi connectivity index (χ4n) is 2.26. The van der Waals surface area contributed by atoms with E-state index >= 15 is 0 Å². The third-order valence-corrected chi connectivity index (χ3v) is 5.41. The summed E-state index contributed by atoms with van der Waals surface area (Å²) < 4.78 is 15.6. The zero-order valence-electron chi connectivity index (χ0n) is 13.9. The summed E-state index contributed by atoms with van der Waals surface area (Å²) >= 11 is 7.24. The highest BCUT2D eigenvalue weighted by atomic mass is 35.5. The number of amides is 1. The summed E-state index contributed by atoms with van der Waals surface area (Å²) in [5, 5.41) is 9.24. The van der Waals surface area contributed by atoms with E-state index in [9.17, 15) is 9.18 Å². The second-order valence-corrected chi connectivity index (χ2v) is 7.46. The van der Waals surface area contributed by atoms with Gasteiger partial charge in [0.25, 0.3) is 0 Å². The summed E-state index contributed by atoms with van der Waals surface area (Å²) in [6, 6.07) is 6.43. The van der Waals surface area contributed by atoms with Gasteiger partial charge in [-0.3, -0.25) is 4.79 Å². The molecule has 2 heterocycles. The molecule has 0 spiro atoms. The second-order valence-electron chi connectivity index (χ2n) is 6.36. The van der Waals surface area contributed by atoms with Crippen molar-refractivity contribution in [1.29, 1.82) is 0 Å². The molecule has 1 N–H and O–H groups in total. The van der Waals surface area contributed by atoms with Gasteiger partial charge in [0, 0.05) is 24.2 Å². The molecule has 0 radical (unpaired) electrons. The van der Waals surface area contributed by atoms with Gasteiger partial charge in [-0.15, -0.1) is 28.0 Å². The van der Waals surface area contributed by atoms with Crippen molar-refractivity contribution in [1.82, 2.24) is 19.9 Å². The van der Waals surface area contributed by atoms with Gasteiger partial charge in [0.2, 0.25) is 10.9 Å². The summed E-state index contributed by atoms with van der Waals surface area (Å²) in [5.74, 6) is 0.187. The fourth-order valence-corrected chi connectivity index (χ4v) is 3.23. The smallest absolute Gasteiger partial charge is 0.226 e. The normalized spacial score (nSPS) is 11.8. The number of fused-ring (bicyclic) bond motifs is 1. The van der Waals surface area contributed by atoms with Crippen LogP contribution in [0.5, 0.6) is 0 Å². The monoisotopic (exact) mass is 380 g/mol. The predicted molar refractivity (Wildman–Crippen MR) is 97.5 cm³/mol. The van der Waals surface area contributed by atoms with Crippen molar-refractivity contribution in [2.45, 2.75) is 20.3 Å². The van der Waals surface area contributed by atoms with Crippen molar-refractivity contribution in [3.63, 3.8) is 0 Å². The summed E-state index contributed by atoms with van der Waals surface area (Å²) in [7, 11) is 0. The van der Waals surface area contributed by atoms with Gasteiger partial charge in [-0.25, -0.2) is 8.91 Å². The maximum Gasteiger partial charge on any atom is 0.226 e. The molecule has 0 aliphatic rings. The standard InChI is InChI=1S/C17H18ClFN4OS/c1-17(2,10-18)15(24)20-8-7-11-9-25-16-21-14(22-23(11)16)12-5-3-4-6-13(12)19/h3-6,9H,7-8,10H2,1-2H3,(H,20,24). The minimum atomic E-state index is -0.600. The lowest BCUT2D eigenvalue weighted by Gasteiger charge is -2.20. The van der Waals surface area contributed by atoms with Gasteiger partial charge in [-0.05, 0) is 26.0 Å². The molecule has 0 aliphatic carbocycles. The van der Waals surface area contributed by atoms with Gasteiger partial charge in [-0.2, -0.15) is 4.98 Å². The van der Waals surface area contributed by atoms with Crippen LogP contribution in [0.15, 0.2) is 29.6 Å². The highest BCUT2D eigenvalue weighted by molar-refractivity contribution is 7.15. The van der Waals surface area contributed by atoms with E-state index in [-0.39, 0.29) is 17.6 Å². The second kappa shape index (κ2) is 7.09. The van der Waals surface area contributed by atoms with Gasteiger partial charge in [0.1, 0.15) is 5.82 Å². The molecule has 3 aromatic rings. The number of carbonyl (C=O) groups is 1. The van der Waals surface area contributed by atoms with E-state index in [1.165, 1.54) is 17.4 Å². The molecule has 0 aliphatic heterocycles. The quantitative estimate of drug-likeness (QED) is 0.665. The number of benzene rings is 1. The van der Waals surface area contributed by atoms with Gasteiger partial charge in [-0.1, -0.05) is 12.1 Å².